The lowest BCUT2D eigenvalue weighted by molar-refractivity contribution is -0.146. The Kier molecular flexibility index (Phi) is 1.22. The molecule has 0 aromatic carbocycles. The van der Waals surface area contributed by atoms with Crippen LogP contribution in [0.1, 0.15) is 19.8 Å². The number of epoxide rings is 1. The second-order valence-electron chi connectivity index (χ2n) is 4.23. The summed E-state index contributed by atoms with van der Waals surface area (Å²) in [5, 5.41) is 0. The highest BCUT2D eigenvalue weighted by atomic mass is 16.7. The zero-order valence-electron chi connectivity index (χ0n) is 7.78. The zero-order chi connectivity index (χ0) is 9.97. The van der Waals surface area contributed by atoms with E-state index in [-0.39, 0.29) is 17.9 Å². The van der Waals surface area contributed by atoms with E-state index in [1.54, 1.807) is 13.0 Å². The van der Waals surface area contributed by atoms with Gasteiger partial charge in [0.25, 0.3) is 0 Å². The van der Waals surface area contributed by atoms with Crippen molar-refractivity contribution in [3.05, 3.63) is 12.2 Å². The molecule has 4 nitrogen and oxygen atoms in total. The molecule has 3 unspecified atom stereocenters. The minimum atomic E-state index is -0.737. The molecule has 2 saturated heterocycles. The second kappa shape index (κ2) is 2.08. The number of fused-ring (bicyclic) bond motifs is 2. The summed E-state index contributed by atoms with van der Waals surface area (Å²) in [6.07, 6.45) is 3.92. The maximum Gasteiger partial charge on any atom is 0.306 e. The fourth-order valence-electron chi connectivity index (χ4n) is 2.35. The van der Waals surface area contributed by atoms with Crippen LogP contribution >= 0.6 is 0 Å². The lowest BCUT2D eigenvalue weighted by Gasteiger charge is -2.25. The summed E-state index contributed by atoms with van der Waals surface area (Å²) in [7, 11) is 0. The molecule has 3 aliphatic rings. The molecule has 1 aliphatic carbocycles. The Morgan fingerprint density at radius 1 is 1.50 bits per heavy atom. The summed E-state index contributed by atoms with van der Waals surface area (Å²) in [6.45, 7) is 1.75. The number of carbonyl (C=O) groups excluding carboxylic acids is 2. The van der Waals surface area contributed by atoms with Gasteiger partial charge in [0, 0.05) is 12.8 Å². The largest absolute Gasteiger partial charge is 0.452 e. The number of carbonyl (C=O) groups is 2. The summed E-state index contributed by atoms with van der Waals surface area (Å²) >= 11 is 0. The van der Waals surface area contributed by atoms with Gasteiger partial charge < -0.3 is 9.47 Å². The van der Waals surface area contributed by atoms with Crippen LogP contribution in [0.4, 0.5) is 0 Å². The number of rotatable bonds is 0. The monoisotopic (exact) mass is 194 g/mol. The summed E-state index contributed by atoms with van der Waals surface area (Å²) in [4.78, 5) is 22.5. The molecule has 3 atom stereocenters. The average Bonchev–Trinajstić information content (AvgIpc) is 2.72. The Labute approximate surface area is 80.9 Å². The minimum absolute atomic E-state index is 0.0314. The molecule has 1 spiro atoms. The minimum Gasteiger partial charge on any atom is -0.452 e. The first-order chi connectivity index (χ1) is 6.57. The summed E-state index contributed by atoms with van der Waals surface area (Å²) in [5.74, 6) is -0.238. The van der Waals surface area contributed by atoms with Crippen molar-refractivity contribution in [1.29, 1.82) is 0 Å². The molecule has 2 heterocycles. The molecule has 0 aromatic heterocycles. The topological polar surface area (TPSA) is 55.9 Å². The molecule has 0 bridgehead atoms. The second-order valence-corrected chi connectivity index (χ2v) is 4.23. The van der Waals surface area contributed by atoms with Crippen molar-refractivity contribution >= 4 is 11.8 Å². The van der Waals surface area contributed by atoms with E-state index in [4.69, 9.17) is 9.47 Å². The first-order valence-corrected chi connectivity index (χ1v) is 4.70. The Hall–Kier alpha value is -1.16. The van der Waals surface area contributed by atoms with Crippen molar-refractivity contribution in [3.63, 3.8) is 0 Å². The van der Waals surface area contributed by atoms with Crippen LogP contribution in [0.2, 0.25) is 0 Å². The maximum absolute atomic E-state index is 11.4. The van der Waals surface area contributed by atoms with Crippen LogP contribution in [0.25, 0.3) is 0 Å². The van der Waals surface area contributed by atoms with Gasteiger partial charge in [-0.15, -0.1) is 0 Å². The molecule has 0 saturated carbocycles. The van der Waals surface area contributed by atoms with Gasteiger partial charge in [0.2, 0.25) is 0 Å². The first-order valence-electron chi connectivity index (χ1n) is 4.70. The van der Waals surface area contributed by atoms with Crippen LogP contribution in [-0.4, -0.2) is 29.1 Å². The molecule has 74 valence electrons. The van der Waals surface area contributed by atoms with Crippen molar-refractivity contribution in [2.24, 2.45) is 0 Å². The van der Waals surface area contributed by atoms with Crippen molar-refractivity contribution in [3.8, 4) is 0 Å². The van der Waals surface area contributed by atoms with Crippen LogP contribution < -0.4 is 0 Å². The van der Waals surface area contributed by atoms with Crippen LogP contribution in [0.5, 0.6) is 0 Å². The standard InChI is InChI=1S/C10H10O4/c1-9-6(11)2-4-10(8(9)14-9)5-3-7(12)13-10/h2,4,8H,3,5H2,1H3. The number of ether oxygens (including phenoxy) is 2. The van der Waals surface area contributed by atoms with E-state index < -0.39 is 11.2 Å². The summed E-state index contributed by atoms with van der Waals surface area (Å²) < 4.78 is 10.6. The lowest BCUT2D eigenvalue weighted by atomic mass is 9.82. The molecule has 0 aromatic rings. The van der Waals surface area contributed by atoms with Gasteiger partial charge in [-0.2, -0.15) is 0 Å². The predicted molar refractivity (Wildman–Crippen MR) is 45.5 cm³/mol. The Morgan fingerprint density at radius 2 is 2.29 bits per heavy atom. The van der Waals surface area contributed by atoms with Gasteiger partial charge in [0.05, 0.1) is 0 Å². The van der Waals surface area contributed by atoms with Crippen molar-refractivity contribution < 1.29 is 19.1 Å². The molecular weight excluding hydrogens is 184 g/mol. The molecule has 3 rings (SSSR count). The van der Waals surface area contributed by atoms with E-state index in [9.17, 15) is 9.59 Å². The van der Waals surface area contributed by atoms with Crippen molar-refractivity contribution in [2.45, 2.75) is 37.1 Å². The third-order valence-electron chi connectivity index (χ3n) is 3.28. The van der Waals surface area contributed by atoms with E-state index in [1.807, 2.05) is 0 Å². The quantitative estimate of drug-likeness (QED) is 0.412. The maximum atomic E-state index is 11.4. The highest BCUT2D eigenvalue weighted by molar-refractivity contribution is 6.01. The number of hydrogen-bond donors (Lipinski definition) is 0. The van der Waals surface area contributed by atoms with Crippen LogP contribution in [0.15, 0.2) is 12.2 Å². The van der Waals surface area contributed by atoms with E-state index in [2.05, 4.69) is 0 Å². The predicted octanol–water partition coefficient (Wildman–Crippen LogP) is 0.359. The fourth-order valence-corrected chi connectivity index (χ4v) is 2.35. The zero-order valence-corrected chi connectivity index (χ0v) is 7.78. The smallest absolute Gasteiger partial charge is 0.306 e. The van der Waals surface area contributed by atoms with Gasteiger partial charge in [-0.3, -0.25) is 9.59 Å². The number of ketones is 1. The Balaban J connectivity index is 2.01. The number of esters is 1. The van der Waals surface area contributed by atoms with Crippen LogP contribution in [0.3, 0.4) is 0 Å². The SMILES string of the molecule is CC12OC1C1(C=CC2=O)CCC(=O)O1. The van der Waals surface area contributed by atoms with Crippen molar-refractivity contribution in [1.82, 2.24) is 0 Å². The summed E-state index contributed by atoms with van der Waals surface area (Å²) in [6, 6.07) is 0. The van der Waals surface area contributed by atoms with Crippen LogP contribution in [0, 0.1) is 0 Å². The third-order valence-corrected chi connectivity index (χ3v) is 3.28. The first kappa shape index (κ1) is 8.17. The van der Waals surface area contributed by atoms with E-state index >= 15 is 0 Å². The fraction of sp³-hybridized carbons (Fsp3) is 0.600. The lowest BCUT2D eigenvalue weighted by Crippen LogP contribution is -2.42. The molecule has 2 fully saturated rings. The Morgan fingerprint density at radius 3 is 2.93 bits per heavy atom. The van der Waals surface area contributed by atoms with Gasteiger partial charge in [-0.25, -0.2) is 0 Å². The molecule has 14 heavy (non-hydrogen) atoms. The molecule has 4 heteroatoms. The average molecular weight is 194 g/mol. The van der Waals surface area contributed by atoms with Gasteiger partial charge in [0.1, 0.15) is 6.10 Å². The van der Waals surface area contributed by atoms with Gasteiger partial charge in [-0.05, 0) is 19.1 Å². The van der Waals surface area contributed by atoms with Crippen molar-refractivity contribution in [2.75, 3.05) is 0 Å². The third kappa shape index (κ3) is 0.773. The number of hydrogen-bond acceptors (Lipinski definition) is 4. The van der Waals surface area contributed by atoms with Gasteiger partial charge >= 0.3 is 5.97 Å². The Bertz CT molecular complexity index is 372. The van der Waals surface area contributed by atoms with Crippen LogP contribution in [-0.2, 0) is 19.1 Å². The molecule has 0 N–H and O–H groups in total. The summed E-state index contributed by atoms with van der Waals surface area (Å²) in [5.41, 5.74) is -1.39. The normalized spacial score (nSPS) is 49.4. The van der Waals surface area contributed by atoms with Gasteiger partial charge in [-0.1, -0.05) is 0 Å². The van der Waals surface area contributed by atoms with E-state index in [1.165, 1.54) is 6.08 Å². The highest BCUT2D eigenvalue weighted by Crippen LogP contribution is 2.52. The molecule has 0 radical (unpaired) electrons. The molecule has 2 aliphatic heterocycles. The highest BCUT2D eigenvalue weighted by Gasteiger charge is 2.70. The molecular formula is C10H10O4. The van der Waals surface area contributed by atoms with E-state index in [0.717, 1.165) is 0 Å². The van der Waals surface area contributed by atoms with E-state index in [0.29, 0.717) is 12.8 Å². The molecule has 0 amide bonds. The van der Waals surface area contributed by atoms with Gasteiger partial charge in [0.15, 0.2) is 17.0 Å².